The summed E-state index contributed by atoms with van der Waals surface area (Å²) in [6.45, 7) is 2.73. The highest BCUT2D eigenvalue weighted by Gasteiger charge is 2.14. The maximum absolute atomic E-state index is 11.4. The van der Waals surface area contributed by atoms with Gasteiger partial charge >= 0.3 is 6.09 Å². The Kier molecular flexibility index (Phi) is 2.90. The molecular weight excluding hydrogens is 222 g/mol. The summed E-state index contributed by atoms with van der Waals surface area (Å²) in [6.07, 6.45) is 2.51. The lowest BCUT2D eigenvalue weighted by Gasteiger charge is -2.09. The SMILES string of the molecule is CCn1cnc2c(OC(=O)N(C)C)ncnc21. The monoisotopic (exact) mass is 235 g/mol. The molecule has 0 aliphatic rings. The zero-order chi connectivity index (χ0) is 12.4. The lowest BCUT2D eigenvalue weighted by atomic mass is 10.5. The maximum Gasteiger partial charge on any atom is 0.416 e. The van der Waals surface area contributed by atoms with Crippen LogP contribution in [0.1, 0.15) is 6.92 Å². The highest BCUT2D eigenvalue weighted by Crippen LogP contribution is 2.19. The molecule has 0 atom stereocenters. The van der Waals surface area contributed by atoms with Crippen LogP contribution in [0, 0.1) is 0 Å². The minimum Gasteiger partial charge on any atom is -0.389 e. The van der Waals surface area contributed by atoms with E-state index in [4.69, 9.17) is 4.74 Å². The number of carbonyl (C=O) groups excluding carboxylic acids is 1. The van der Waals surface area contributed by atoms with Gasteiger partial charge in [0.2, 0.25) is 0 Å². The minimum atomic E-state index is -0.490. The van der Waals surface area contributed by atoms with Gasteiger partial charge in [-0.25, -0.2) is 14.8 Å². The van der Waals surface area contributed by atoms with Crippen molar-refractivity contribution in [3.8, 4) is 5.88 Å². The molecule has 2 aromatic heterocycles. The van der Waals surface area contributed by atoms with Gasteiger partial charge in [-0.2, -0.15) is 4.98 Å². The van der Waals surface area contributed by atoms with Crippen molar-refractivity contribution in [2.75, 3.05) is 14.1 Å². The Labute approximate surface area is 98.1 Å². The van der Waals surface area contributed by atoms with Gasteiger partial charge in [0.1, 0.15) is 6.33 Å². The Hall–Kier alpha value is -2.18. The van der Waals surface area contributed by atoms with Crippen molar-refractivity contribution < 1.29 is 9.53 Å². The van der Waals surface area contributed by atoms with Crippen LogP contribution in [0.2, 0.25) is 0 Å². The molecule has 0 N–H and O–H groups in total. The van der Waals surface area contributed by atoms with Gasteiger partial charge in [0.05, 0.1) is 6.33 Å². The number of amides is 1. The average molecular weight is 235 g/mol. The lowest BCUT2D eigenvalue weighted by molar-refractivity contribution is 0.170. The van der Waals surface area contributed by atoms with Crippen LogP contribution in [0.5, 0.6) is 5.88 Å². The van der Waals surface area contributed by atoms with Crippen LogP contribution in [-0.4, -0.2) is 44.6 Å². The highest BCUT2D eigenvalue weighted by atomic mass is 16.6. The molecular formula is C10H13N5O2. The van der Waals surface area contributed by atoms with E-state index in [0.717, 1.165) is 6.54 Å². The third-order valence-corrected chi connectivity index (χ3v) is 2.26. The third kappa shape index (κ3) is 2.03. The summed E-state index contributed by atoms with van der Waals surface area (Å²) in [6, 6.07) is 0. The number of fused-ring (bicyclic) bond motifs is 1. The smallest absolute Gasteiger partial charge is 0.389 e. The van der Waals surface area contributed by atoms with E-state index < -0.39 is 6.09 Å². The van der Waals surface area contributed by atoms with Gasteiger partial charge in [-0.05, 0) is 6.92 Å². The van der Waals surface area contributed by atoms with Crippen molar-refractivity contribution in [3.63, 3.8) is 0 Å². The van der Waals surface area contributed by atoms with Crippen LogP contribution in [-0.2, 0) is 6.54 Å². The first-order valence-corrected chi connectivity index (χ1v) is 5.18. The Morgan fingerprint density at radius 1 is 1.41 bits per heavy atom. The van der Waals surface area contributed by atoms with Crippen molar-refractivity contribution in [3.05, 3.63) is 12.7 Å². The molecule has 0 aromatic carbocycles. The Balaban J connectivity index is 2.41. The first kappa shape index (κ1) is 11.3. The molecule has 1 amide bonds. The molecule has 0 bridgehead atoms. The molecule has 7 nitrogen and oxygen atoms in total. The van der Waals surface area contributed by atoms with Crippen molar-refractivity contribution in [1.29, 1.82) is 0 Å². The second-order valence-electron chi connectivity index (χ2n) is 3.64. The fourth-order valence-corrected chi connectivity index (χ4v) is 1.34. The summed E-state index contributed by atoms with van der Waals surface area (Å²) in [4.78, 5) is 24.9. The van der Waals surface area contributed by atoms with E-state index >= 15 is 0 Å². The number of rotatable bonds is 2. The summed E-state index contributed by atoms with van der Waals surface area (Å²) in [5.41, 5.74) is 1.15. The third-order valence-electron chi connectivity index (χ3n) is 2.26. The van der Waals surface area contributed by atoms with E-state index in [9.17, 15) is 4.79 Å². The first-order chi connectivity index (χ1) is 8.13. The zero-order valence-corrected chi connectivity index (χ0v) is 9.91. The predicted octanol–water partition coefficient (Wildman–Crippen LogP) is 0.907. The molecule has 0 fully saturated rings. The Morgan fingerprint density at radius 2 is 2.18 bits per heavy atom. The summed E-state index contributed by atoms with van der Waals surface area (Å²) in [7, 11) is 3.21. The van der Waals surface area contributed by atoms with Gasteiger partial charge < -0.3 is 14.2 Å². The maximum atomic E-state index is 11.4. The number of imidazole rings is 1. The molecule has 0 saturated carbocycles. The predicted molar refractivity (Wildman–Crippen MR) is 60.7 cm³/mol. The van der Waals surface area contributed by atoms with Crippen LogP contribution in [0.3, 0.4) is 0 Å². The minimum absolute atomic E-state index is 0.181. The summed E-state index contributed by atoms with van der Waals surface area (Å²) >= 11 is 0. The summed E-state index contributed by atoms with van der Waals surface area (Å²) in [5.74, 6) is 0.181. The number of aromatic nitrogens is 4. The van der Waals surface area contributed by atoms with Crippen molar-refractivity contribution in [1.82, 2.24) is 24.4 Å². The number of aryl methyl sites for hydroxylation is 1. The van der Waals surface area contributed by atoms with Crippen molar-refractivity contribution in [2.45, 2.75) is 13.5 Å². The largest absolute Gasteiger partial charge is 0.416 e. The fourth-order valence-electron chi connectivity index (χ4n) is 1.34. The van der Waals surface area contributed by atoms with E-state index in [2.05, 4.69) is 15.0 Å². The van der Waals surface area contributed by atoms with Crippen LogP contribution in [0.15, 0.2) is 12.7 Å². The van der Waals surface area contributed by atoms with Gasteiger partial charge in [0.25, 0.3) is 5.88 Å². The number of hydrogen-bond acceptors (Lipinski definition) is 5. The zero-order valence-electron chi connectivity index (χ0n) is 9.91. The van der Waals surface area contributed by atoms with Crippen molar-refractivity contribution >= 4 is 17.3 Å². The number of ether oxygens (including phenoxy) is 1. The summed E-state index contributed by atoms with van der Waals surface area (Å²) in [5, 5.41) is 0. The molecule has 7 heteroatoms. The number of hydrogen-bond donors (Lipinski definition) is 0. The molecule has 90 valence electrons. The molecule has 17 heavy (non-hydrogen) atoms. The highest BCUT2D eigenvalue weighted by molar-refractivity contribution is 5.80. The van der Waals surface area contributed by atoms with Gasteiger partial charge in [-0.3, -0.25) is 0 Å². The van der Waals surface area contributed by atoms with E-state index in [1.54, 1.807) is 20.4 Å². The first-order valence-electron chi connectivity index (χ1n) is 5.18. The normalized spacial score (nSPS) is 10.5. The van der Waals surface area contributed by atoms with E-state index in [1.165, 1.54) is 11.2 Å². The van der Waals surface area contributed by atoms with Crippen LogP contribution >= 0.6 is 0 Å². The second kappa shape index (κ2) is 4.36. The molecule has 2 rings (SSSR count). The van der Waals surface area contributed by atoms with E-state index in [1.807, 2.05) is 11.5 Å². The molecule has 0 aliphatic heterocycles. The average Bonchev–Trinajstić information content (AvgIpc) is 2.72. The molecule has 2 heterocycles. The van der Waals surface area contributed by atoms with Crippen LogP contribution in [0.25, 0.3) is 11.2 Å². The molecule has 0 aliphatic carbocycles. The Bertz CT molecular complexity index is 549. The fraction of sp³-hybridized carbons (Fsp3) is 0.400. The van der Waals surface area contributed by atoms with E-state index in [0.29, 0.717) is 11.2 Å². The molecule has 0 saturated heterocycles. The number of nitrogens with zero attached hydrogens (tertiary/aromatic N) is 5. The van der Waals surface area contributed by atoms with E-state index in [-0.39, 0.29) is 5.88 Å². The molecule has 0 unspecified atom stereocenters. The molecule has 2 aromatic rings. The molecule has 0 radical (unpaired) electrons. The van der Waals surface area contributed by atoms with Gasteiger partial charge in [0.15, 0.2) is 11.2 Å². The summed E-state index contributed by atoms with van der Waals surface area (Å²) < 4.78 is 6.96. The van der Waals surface area contributed by atoms with Gasteiger partial charge in [0, 0.05) is 20.6 Å². The topological polar surface area (TPSA) is 73.1 Å². The van der Waals surface area contributed by atoms with Gasteiger partial charge in [-0.1, -0.05) is 0 Å². The van der Waals surface area contributed by atoms with Crippen LogP contribution in [0.4, 0.5) is 4.79 Å². The van der Waals surface area contributed by atoms with Crippen LogP contribution < -0.4 is 4.74 Å². The standard InChI is InChI=1S/C10H13N5O2/c1-4-15-6-13-7-8(15)11-5-12-9(7)17-10(16)14(2)3/h5-6H,4H2,1-3H3. The van der Waals surface area contributed by atoms with Crippen molar-refractivity contribution in [2.24, 2.45) is 0 Å². The Morgan fingerprint density at radius 3 is 2.82 bits per heavy atom. The molecule has 0 spiro atoms. The lowest BCUT2D eigenvalue weighted by Crippen LogP contribution is -2.25. The second-order valence-corrected chi connectivity index (χ2v) is 3.64. The van der Waals surface area contributed by atoms with Gasteiger partial charge in [-0.15, -0.1) is 0 Å². The quantitative estimate of drug-likeness (QED) is 0.773. The number of carbonyl (C=O) groups is 1.